The topological polar surface area (TPSA) is 52.6 Å². The van der Waals surface area contributed by atoms with Crippen LogP contribution in [0.4, 0.5) is 9.18 Å². The minimum atomic E-state index is -0.280. The number of hydrogen-bond donors (Lipinski definition) is 2. The van der Waals surface area contributed by atoms with Gasteiger partial charge in [0.25, 0.3) is 0 Å². The van der Waals surface area contributed by atoms with Crippen molar-refractivity contribution < 1.29 is 14.3 Å². The molecule has 2 N–H and O–H groups in total. The van der Waals surface area contributed by atoms with Crippen LogP contribution in [0.15, 0.2) is 24.3 Å². The van der Waals surface area contributed by atoms with Crippen molar-refractivity contribution in [3.63, 3.8) is 0 Å². The summed E-state index contributed by atoms with van der Waals surface area (Å²) in [7, 11) is 1.78. The van der Waals surface area contributed by atoms with Crippen LogP contribution >= 0.6 is 0 Å². The molecule has 2 aliphatic rings. The van der Waals surface area contributed by atoms with Crippen LogP contribution in [0.3, 0.4) is 0 Å². The van der Waals surface area contributed by atoms with Gasteiger partial charge in [0.1, 0.15) is 5.82 Å². The molecule has 4 nitrogen and oxygen atoms in total. The molecule has 0 spiro atoms. The molecule has 0 aromatic heterocycles. The van der Waals surface area contributed by atoms with Gasteiger partial charge in [-0.25, -0.2) is 9.18 Å². The monoisotopic (exact) mass is 334 g/mol. The Balaban J connectivity index is 1.55. The van der Waals surface area contributed by atoms with Gasteiger partial charge in [-0.3, -0.25) is 0 Å². The number of benzene rings is 1. The molecular formula is C19H27FN2O2. The second-order valence-corrected chi connectivity index (χ2v) is 7.44. The van der Waals surface area contributed by atoms with Gasteiger partial charge in [0, 0.05) is 31.5 Å². The normalized spacial score (nSPS) is 25.1. The van der Waals surface area contributed by atoms with Crippen LogP contribution in [0, 0.1) is 11.7 Å². The SMILES string of the molecule is CN(CC1CCCC1O)C(=O)NCC1(c2ccc(F)cc2)CCC1. The first-order chi connectivity index (χ1) is 11.5. The zero-order valence-electron chi connectivity index (χ0n) is 14.3. The van der Waals surface area contributed by atoms with E-state index in [1.54, 1.807) is 11.9 Å². The highest BCUT2D eigenvalue weighted by Gasteiger charge is 2.39. The van der Waals surface area contributed by atoms with Gasteiger partial charge in [-0.2, -0.15) is 0 Å². The summed E-state index contributed by atoms with van der Waals surface area (Å²) in [6.07, 6.45) is 5.75. The predicted molar refractivity (Wildman–Crippen MR) is 91.3 cm³/mol. The number of hydrogen-bond acceptors (Lipinski definition) is 2. The van der Waals surface area contributed by atoms with Crippen LogP contribution in [0.25, 0.3) is 0 Å². The third-order valence-corrected chi connectivity index (χ3v) is 5.82. The number of nitrogens with one attached hydrogen (secondary N) is 1. The summed E-state index contributed by atoms with van der Waals surface area (Å²) in [4.78, 5) is 14.1. The molecule has 0 bridgehead atoms. The molecule has 1 aromatic carbocycles. The van der Waals surface area contributed by atoms with Crippen LogP contribution in [0.5, 0.6) is 0 Å². The maximum atomic E-state index is 13.1. The molecule has 2 aliphatic carbocycles. The Morgan fingerprint density at radius 2 is 2.00 bits per heavy atom. The number of carbonyl (C=O) groups excluding carboxylic acids is 1. The Morgan fingerprint density at radius 1 is 1.29 bits per heavy atom. The lowest BCUT2D eigenvalue weighted by molar-refractivity contribution is 0.113. The van der Waals surface area contributed by atoms with Crippen molar-refractivity contribution in [1.29, 1.82) is 0 Å². The van der Waals surface area contributed by atoms with E-state index >= 15 is 0 Å². The molecule has 1 aromatic rings. The minimum absolute atomic E-state index is 0.0585. The second kappa shape index (κ2) is 7.09. The number of aliphatic hydroxyl groups excluding tert-OH is 1. The first kappa shape index (κ1) is 17.2. The minimum Gasteiger partial charge on any atom is -0.393 e. The molecule has 0 saturated heterocycles. The van der Waals surface area contributed by atoms with E-state index in [0.29, 0.717) is 13.1 Å². The summed E-state index contributed by atoms with van der Waals surface area (Å²) in [5.41, 5.74) is 1.04. The number of halogens is 1. The number of nitrogens with zero attached hydrogens (tertiary/aromatic N) is 1. The fourth-order valence-electron chi connectivity index (χ4n) is 4.02. The van der Waals surface area contributed by atoms with Gasteiger partial charge in [0.2, 0.25) is 0 Å². The molecule has 0 radical (unpaired) electrons. The van der Waals surface area contributed by atoms with E-state index in [4.69, 9.17) is 0 Å². The summed E-state index contributed by atoms with van der Waals surface area (Å²) < 4.78 is 13.1. The zero-order chi connectivity index (χ0) is 17.2. The van der Waals surface area contributed by atoms with Crippen LogP contribution < -0.4 is 5.32 Å². The molecule has 2 unspecified atom stereocenters. The third kappa shape index (κ3) is 3.56. The van der Waals surface area contributed by atoms with E-state index in [2.05, 4.69) is 5.32 Å². The van der Waals surface area contributed by atoms with E-state index < -0.39 is 0 Å². The second-order valence-electron chi connectivity index (χ2n) is 7.44. The summed E-state index contributed by atoms with van der Waals surface area (Å²) in [5, 5.41) is 12.9. The highest BCUT2D eigenvalue weighted by Crippen LogP contribution is 2.43. The number of urea groups is 1. The molecule has 0 heterocycles. The summed E-state index contributed by atoms with van der Waals surface area (Å²) in [5.74, 6) is -0.0392. The molecule has 3 rings (SSSR count). The first-order valence-corrected chi connectivity index (χ1v) is 8.93. The van der Waals surface area contributed by atoms with Gasteiger partial charge in [-0.1, -0.05) is 25.0 Å². The quantitative estimate of drug-likeness (QED) is 0.869. The number of rotatable bonds is 5. The van der Waals surface area contributed by atoms with Crippen molar-refractivity contribution in [1.82, 2.24) is 10.2 Å². The molecule has 2 saturated carbocycles. The van der Waals surface area contributed by atoms with Gasteiger partial charge in [0.15, 0.2) is 0 Å². The van der Waals surface area contributed by atoms with Gasteiger partial charge in [-0.05, 0) is 43.4 Å². The number of aliphatic hydroxyl groups is 1. The van der Waals surface area contributed by atoms with Crippen molar-refractivity contribution in [3.05, 3.63) is 35.6 Å². The maximum Gasteiger partial charge on any atom is 0.317 e. The fourth-order valence-corrected chi connectivity index (χ4v) is 4.02. The van der Waals surface area contributed by atoms with Crippen molar-refractivity contribution >= 4 is 6.03 Å². The van der Waals surface area contributed by atoms with Gasteiger partial charge < -0.3 is 15.3 Å². The first-order valence-electron chi connectivity index (χ1n) is 8.93. The largest absolute Gasteiger partial charge is 0.393 e. The highest BCUT2D eigenvalue weighted by molar-refractivity contribution is 5.74. The van der Waals surface area contributed by atoms with Gasteiger partial charge >= 0.3 is 6.03 Å². The van der Waals surface area contributed by atoms with Crippen LogP contribution in [0.1, 0.15) is 44.1 Å². The standard InChI is InChI=1S/C19H27FN2O2/c1-22(12-14-4-2-5-17(14)23)18(24)21-13-19(10-3-11-19)15-6-8-16(20)9-7-15/h6-9,14,17,23H,2-5,10-13H2,1H3,(H,21,24). The van der Waals surface area contributed by atoms with Crippen molar-refractivity contribution in [3.8, 4) is 0 Å². The smallest absolute Gasteiger partial charge is 0.317 e. The fraction of sp³-hybridized carbons (Fsp3) is 0.632. The maximum absolute atomic E-state index is 13.1. The molecule has 5 heteroatoms. The van der Waals surface area contributed by atoms with Crippen LogP contribution in [-0.4, -0.2) is 42.3 Å². The van der Waals surface area contributed by atoms with E-state index in [0.717, 1.165) is 44.1 Å². The van der Waals surface area contributed by atoms with Crippen LogP contribution in [-0.2, 0) is 5.41 Å². The lowest BCUT2D eigenvalue weighted by Crippen LogP contribution is -2.49. The van der Waals surface area contributed by atoms with Gasteiger partial charge in [0.05, 0.1) is 6.10 Å². The average Bonchev–Trinajstić information content (AvgIpc) is 2.92. The van der Waals surface area contributed by atoms with Crippen molar-refractivity contribution in [2.75, 3.05) is 20.1 Å². The molecule has 24 heavy (non-hydrogen) atoms. The lowest BCUT2D eigenvalue weighted by atomic mass is 9.64. The Morgan fingerprint density at radius 3 is 2.54 bits per heavy atom. The Kier molecular flexibility index (Phi) is 5.09. The zero-order valence-corrected chi connectivity index (χ0v) is 14.3. The molecule has 2 fully saturated rings. The van der Waals surface area contributed by atoms with Gasteiger partial charge in [-0.15, -0.1) is 0 Å². The van der Waals surface area contributed by atoms with E-state index in [-0.39, 0.29) is 29.3 Å². The summed E-state index contributed by atoms with van der Waals surface area (Å²) in [6.45, 7) is 1.17. The summed E-state index contributed by atoms with van der Waals surface area (Å²) in [6, 6.07) is 6.55. The molecule has 2 atom stereocenters. The predicted octanol–water partition coefficient (Wildman–Crippen LogP) is 3.05. The molecule has 2 amide bonds. The molecule has 132 valence electrons. The average molecular weight is 334 g/mol. The van der Waals surface area contributed by atoms with Crippen molar-refractivity contribution in [2.45, 2.75) is 50.0 Å². The van der Waals surface area contributed by atoms with E-state index in [9.17, 15) is 14.3 Å². The van der Waals surface area contributed by atoms with Crippen molar-refractivity contribution in [2.24, 2.45) is 5.92 Å². The lowest BCUT2D eigenvalue weighted by Gasteiger charge is -2.43. The third-order valence-electron chi connectivity index (χ3n) is 5.82. The number of carbonyl (C=O) groups is 1. The van der Waals surface area contributed by atoms with E-state index in [1.165, 1.54) is 12.1 Å². The van der Waals surface area contributed by atoms with E-state index in [1.807, 2.05) is 12.1 Å². The molecular weight excluding hydrogens is 307 g/mol. The Bertz CT molecular complexity index is 571. The Hall–Kier alpha value is -1.62. The highest BCUT2D eigenvalue weighted by atomic mass is 19.1. The number of amides is 2. The summed E-state index contributed by atoms with van der Waals surface area (Å²) >= 11 is 0. The van der Waals surface area contributed by atoms with Crippen LogP contribution in [0.2, 0.25) is 0 Å². The molecule has 0 aliphatic heterocycles. The Labute approximate surface area is 143 Å².